The average Bonchev–Trinajstić information content (AvgIpc) is 2.68. The zero-order chi connectivity index (χ0) is 12.7. The summed E-state index contributed by atoms with van der Waals surface area (Å²) >= 11 is 7.20. The van der Waals surface area contributed by atoms with Crippen LogP contribution >= 0.6 is 23.4 Å². The molecule has 0 aromatic carbocycles. The molecule has 0 amide bonds. The Bertz CT molecular complexity index is 352. The molecule has 17 heavy (non-hydrogen) atoms. The molecule has 0 fully saturated rings. The van der Waals surface area contributed by atoms with Gasteiger partial charge >= 0.3 is 0 Å². The number of nitrogens with one attached hydrogen (secondary N) is 1. The second-order valence-electron chi connectivity index (χ2n) is 4.09. The Hall–Kier alpha value is -0.590. The van der Waals surface area contributed by atoms with Crippen LogP contribution in [0, 0.1) is 5.92 Å². The fraction of sp³-hybridized carbons (Fsp3) is 0.700. The molecule has 0 aliphatic heterocycles. The smallest absolute Gasteiger partial charge is 0.209 e. The topological polar surface area (TPSA) is 55.6 Å². The van der Waals surface area contributed by atoms with Gasteiger partial charge in [0.25, 0.3) is 0 Å². The molecule has 1 aromatic rings. The van der Waals surface area contributed by atoms with Gasteiger partial charge in [0.15, 0.2) is 0 Å². The maximum Gasteiger partial charge on any atom is 0.209 e. The summed E-state index contributed by atoms with van der Waals surface area (Å²) in [6, 6.07) is 0. The van der Waals surface area contributed by atoms with Crippen LogP contribution in [0.25, 0.3) is 0 Å². The van der Waals surface area contributed by atoms with E-state index in [1.54, 1.807) is 4.68 Å². The van der Waals surface area contributed by atoms with Crippen LogP contribution in [-0.2, 0) is 6.54 Å². The molecule has 7 heteroatoms. The summed E-state index contributed by atoms with van der Waals surface area (Å²) in [5, 5.41) is 16.2. The molecule has 0 aliphatic rings. The van der Waals surface area contributed by atoms with Gasteiger partial charge in [-0.3, -0.25) is 0 Å². The van der Waals surface area contributed by atoms with Crippen molar-refractivity contribution in [3.8, 4) is 0 Å². The second kappa shape index (κ2) is 7.68. The molecule has 0 spiro atoms. The predicted octanol–water partition coefficient (Wildman–Crippen LogP) is 1.76. The highest BCUT2D eigenvalue weighted by Crippen LogP contribution is 2.17. The Morgan fingerprint density at radius 1 is 1.59 bits per heavy atom. The average molecular weight is 276 g/mol. The van der Waals surface area contributed by atoms with Gasteiger partial charge in [-0.25, -0.2) is 4.68 Å². The Kier molecular flexibility index (Phi) is 6.54. The van der Waals surface area contributed by atoms with Gasteiger partial charge in [-0.15, -0.1) is 5.10 Å². The fourth-order valence-electron chi connectivity index (χ4n) is 1.16. The summed E-state index contributed by atoms with van der Waals surface area (Å²) < 4.78 is 1.78. The maximum atomic E-state index is 5.70. The molecular weight excluding hydrogens is 258 g/mol. The van der Waals surface area contributed by atoms with Crippen LogP contribution in [0.15, 0.2) is 16.8 Å². The van der Waals surface area contributed by atoms with Gasteiger partial charge in [-0.05, 0) is 22.9 Å². The molecular formula is C10H18ClN5S. The third-order valence-corrected chi connectivity index (χ3v) is 3.25. The van der Waals surface area contributed by atoms with Gasteiger partial charge in [0.1, 0.15) is 0 Å². The molecule has 0 unspecified atom stereocenters. The number of hydrogen-bond donors (Lipinski definition) is 1. The van der Waals surface area contributed by atoms with E-state index >= 15 is 0 Å². The molecule has 1 N–H and O–H groups in total. The molecule has 0 aliphatic carbocycles. The van der Waals surface area contributed by atoms with E-state index in [4.69, 9.17) is 11.6 Å². The summed E-state index contributed by atoms with van der Waals surface area (Å²) in [5.41, 5.74) is 0. The summed E-state index contributed by atoms with van der Waals surface area (Å²) in [4.78, 5) is 0. The third kappa shape index (κ3) is 6.05. The summed E-state index contributed by atoms with van der Waals surface area (Å²) in [7, 11) is 0. The zero-order valence-electron chi connectivity index (χ0n) is 10.2. The van der Waals surface area contributed by atoms with Gasteiger partial charge in [-0.2, -0.15) is 0 Å². The van der Waals surface area contributed by atoms with Gasteiger partial charge < -0.3 is 5.32 Å². The first kappa shape index (κ1) is 14.5. The van der Waals surface area contributed by atoms with Crippen molar-refractivity contribution in [2.45, 2.75) is 25.5 Å². The second-order valence-corrected chi connectivity index (χ2v) is 5.57. The fourth-order valence-corrected chi connectivity index (χ4v) is 1.98. The lowest BCUT2D eigenvalue weighted by atomic mass is 10.2. The first-order valence-electron chi connectivity index (χ1n) is 5.52. The largest absolute Gasteiger partial charge is 0.315 e. The number of thioether (sulfide) groups is 1. The molecule has 0 saturated heterocycles. The number of rotatable bonds is 8. The van der Waals surface area contributed by atoms with Gasteiger partial charge in [0.2, 0.25) is 5.16 Å². The van der Waals surface area contributed by atoms with Gasteiger partial charge in [0.05, 0.1) is 6.54 Å². The minimum absolute atomic E-state index is 0.600. The van der Waals surface area contributed by atoms with Gasteiger partial charge in [-0.1, -0.05) is 43.8 Å². The summed E-state index contributed by atoms with van der Waals surface area (Å²) in [5.74, 6) is 1.28. The van der Waals surface area contributed by atoms with Crippen LogP contribution in [0.5, 0.6) is 0 Å². The van der Waals surface area contributed by atoms with Gasteiger partial charge in [0, 0.05) is 17.3 Å². The van der Waals surface area contributed by atoms with Crippen LogP contribution < -0.4 is 5.32 Å². The highest BCUT2D eigenvalue weighted by Gasteiger charge is 2.06. The lowest BCUT2D eigenvalue weighted by molar-refractivity contribution is 0.482. The first-order chi connectivity index (χ1) is 8.09. The third-order valence-electron chi connectivity index (χ3n) is 1.91. The van der Waals surface area contributed by atoms with E-state index in [1.807, 2.05) is 0 Å². The SMILES string of the molecule is C=C(Cl)CSc1nnnn1CCNCC(C)C. The van der Waals surface area contributed by atoms with E-state index in [2.05, 4.69) is 41.3 Å². The Labute approximate surface area is 111 Å². The molecule has 96 valence electrons. The minimum Gasteiger partial charge on any atom is -0.315 e. The van der Waals surface area contributed by atoms with E-state index in [1.165, 1.54) is 11.8 Å². The molecule has 0 bridgehead atoms. The Balaban J connectivity index is 2.32. The van der Waals surface area contributed by atoms with E-state index in [0.717, 1.165) is 24.8 Å². The van der Waals surface area contributed by atoms with Crippen molar-refractivity contribution in [1.82, 2.24) is 25.5 Å². The van der Waals surface area contributed by atoms with Crippen LogP contribution in [0.2, 0.25) is 0 Å². The van der Waals surface area contributed by atoms with Crippen LogP contribution in [0.3, 0.4) is 0 Å². The van der Waals surface area contributed by atoms with Crippen molar-refractivity contribution in [2.75, 3.05) is 18.8 Å². The number of hydrogen-bond acceptors (Lipinski definition) is 5. The molecule has 1 heterocycles. The Morgan fingerprint density at radius 2 is 2.35 bits per heavy atom. The number of tetrazole rings is 1. The molecule has 1 aromatic heterocycles. The van der Waals surface area contributed by atoms with E-state index in [9.17, 15) is 0 Å². The maximum absolute atomic E-state index is 5.70. The molecule has 5 nitrogen and oxygen atoms in total. The van der Waals surface area contributed by atoms with E-state index in [0.29, 0.717) is 16.7 Å². The van der Waals surface area contributed by atoms with Crippen LogP contribution in [0.4, 0.5) is 0 Å². The van der Waals surface area contributed by atoms with Crippen LogP contribution in [-0.4, -0.2) is 39.0 Å². The molecule has 0 radical (unpaired) electrons. The van der Waals surface area contributed by atoms with Crippen molar-refractivity contribution in [1.29, 1.82) is 0 Å². The van der Waals surface area contributed by atoms with Crippen molar-refractivity contribution < 1.29 is 0 Å². The van der Waals surface area contributed by atoms with Crippen molar-refractivity contribution >= 4 is 23.4 Å². The number of halogens is 1. The van der Waals surface area contributed by atoms with Crippen molar-refractivity contribution in [3.05, 3.63) is 11.6 Å². The normalized spacial score (nSPS) is 11.1. The van der Waals surface area contributed by atoms with Crippen LogP contribution in [0.1, 0.15) is 13.8 Å². The highest BCUT2D eigenvalue weighted by atomic mass is 35.5. The zero-order valence-corrected chi connectivity index (χ0v) is 11.8. The lowest BCUT2D eigenvalue weighted by Crippen LogP contribution is -2.24. The summed E-state index contributed by atoms with van der Waals surface area (Å²) in [6.45, 7) is 10.6. The van der Waals surface area contributed by atoms with Crippen molar-refractivity contribution in [2.24, 2.45) is 5.92 Å². The summed E-state index contributed by atoms with van der Waals surface area (Å²) in [6.07, 6.45) is 0. The monoisotopic (exact) mass is 275 g/mol. The standard InChI is InChI=1S/C10H18ClN5S/c1-8(2)6-12-4-5-16-10(13-14-15-16)17-7-9(3)11/h8,12H,3-7H2,1-2H3. The predicted molar refractivity (Wildman–Crippen MR) is 71.2 cm³/mol. The van der Waals surface area contributed by atoms with E-state index in [-0.39, 0.29) is 0 Å². The van der Waals surface area contributed by atoms with E-state index < -0.39 is 0 Å². The van der Waals surface area contributed by atoms with Crippen molar-refractivity contribution in [3.63, 3.8) is 0 Å². The molecule has 0 atom stereocenters. The number of aromatic nitrogens is 4. The Morgan fingerprint density at radius 3 is 3.00 bits per heavy atom. The highest BCUT2D eigenvalue weighted by molar-refractivity contribution is 7.99. The first-order valence-corrected chi connectivity index (χ1v) is 6.89. The number of nitrogens with zero attached hydrogens (tertiary/aromatic N) is 4. The lowest BCUT2D eigenvalue weighted by Gasteiger charge is -2.07. The molecule has 0 saturated carbocycles. The minimum atomic E-state index is 0.600. The molecule has 1 rings (SSSR count). The quantitative estimate of drug-likeness (QED) is 0.579.